The lowest BCUT2D eigenvalue weighted by atomic mass is 9.83. The molecule has 0 aromatic heterocycles. The second-order valence-electron chi connectivity index (χ2n) is 4.84. The van der Waals surface area contributed by atoms with E-state index in [4.69, 9.17) is 0 Å². The van der Waals surface area contributed by atoms with Gasteiger partial charge >= 0.3 is 0 Å². The first-order valence-electron chi connectivity index (χ1n) is 5.58. The molecule has 0 saturated carbocycles. The van der Waals surface area contributed by atoms with Crippen molar-refractivity contribution in [2.24, 2.45) is 5.92 Å². The maximum absolute atomic E-state index is 9.92. The molecule has 1 fully saturated rings. The van der Waals surface area contributed by atoms with Gasteiger partial charge in [-0.3, -0.25) is 0 Å². The van der Waals surface area contributed by atoms with Crippen LogP contribution in [0, 0.1) is 5.92 Å². The molecule has 14 heavy (non-hydrogen) atoms. The van der Waals surface area contributed by atoms with Crippen molar-refractivity contribution in [2.45, 2.75) is 45.3 Å². The highest BCUT2D eigenvalue weighted by Gasteiger charge is 2.34. The molecular weight excluding hydrogens is 178 g/mol. The monoisotopic (exact) mass is 201 g/mol. The lowest BCUT2D eigenvalue weighted by Gasteiger charge is -2.31. The summed E-state index contributed by atoms with van der Waals surface area (Å²) in [5.74, 6) is 0.0130. The maximum Gasteiger partial charge on any atom is 0.0644 e. The highest BCUT2D eigenvalue weighted by atomic mass is 16.3. The highest BCUT2D eigenvalue weighted by Crippen LogP contribution is 2.28. The van der Waals surface area contributed by atoms with Crippen LogP contribution in [0.25, 0.3) is 0 Å². The Balaban J connectivity index is 2.60. The van der Waals surface area contributed by atoms with Crippen LogP contribution in [0.1, 0.15) is 33.6 Å². The van der Waals surface area contributed by atoms with Gasteiger partial charge in [-0.25, -0.2) is 0 Å². The number of nitrogens with zero attached hydrogens (tertiary/aromatic N) is 1. The van der Waals surface area contributed by atoms with E-state index < -0.39 is 5.60 Å². The highest BCUT2D eigenvalue weighted by molar-refractivity contribution is 4.86. The fraction of sp³-hybridized carbons (Fsp3) is 1.00. The second kappa shape index (κ2) is 4.60. The average molecular weight is 201 g/mol. The molecule has 3 nitrogen and oxygen atoms in total. The first-order chi connectivity index (χ1) is 6.45. The molecule has 84 valence electrons. The van der Waals surface area contributed by atoms with Gasteiger partial charge in [-0.15, -0.1) is 0 Å². The van der Waals surface area contributed by atoms with Crippen molar-refractivity contribution >= 4 is 0 Å². The molecule has 2 unspecified atom stereocenters. The Morgan fingerprint density at radius 2 is 1.86 bits per heavy atom. The molecule has 0 bridgehead atoms. The predicted molar refractivity (Wildman–Crippen MR) is 57.1 cm³/mol. The molecule has 1 aliphatic rings. The number of rotatable bonds is 2. The lowest BCUT2D eigenvalue weighted by molar-refractivity contribution is -0.0472. The minimum Gasteiger partial charge on any atom is -0.393 e. The van der Waals surface area contributed by atoms with E-state index in [0.29, 0.717) is 0 Å². The summed E-state index contributed by atoms with van der Waals surface area (Å²) in [6, 6.07) is 0. The average Bonchev–Trinajstić information content (AvgIpc) is 2.25. The van der Waals surface area contributed by atoms with Gasteiger partial charge < -0.3 is 15.1 Å². The number of likely N-dealkylation sites (tertiary alicyclic amines) is 1. The largest absolute Gasteiger partial charge is 0.393 e. The van der Waals surface area contributed by atoms with Gasteiger partial charge in [0.2, 0.25) is 0 Å². The van der Waals surface area contributed by atoms with Gasteiger partial charge in [0.1, 0.15) is 0 Å². The molecule has 3 heteroatoms. The SMILES string of the molecule is CCN1CCC(O)C(C(C)(C)O)CC1. The van der Waals surface area contributed by atoms with E-state index in [2.05, 4.69) is 11.8 Å². The zero-order valence-corrected chi connectivity index (χ0v) is 9.53. The third-order valence-corrected chi connectivity index (χ3v) is 3.32. The third kappa shape index (κ3) is 2.94. The van der Waals surface area contributed by atoms with Gasteiger partial charge in [0.05, 0.1) is 11.7 Å². The van der Waals surface area contributed by atoms with Crippen molar-refractivity contribution in [1.29, 1.82) is 0 Å². The van der Waals surface area contributed by atoms with E-state index in [9.17, 15) is 10.2 Å². The number of hydrogen-bond donors (Lipinski definition) is 2. The molecule has 0 radical (unpaired) electrons. The first-order valence-corrected chi connectivity index (χ1v) is 5.58. The van der Waals surface area contributed by atoms with Gasteiger partial charge in [-0.2, -0.15) is 0 Å². The molecular formula is C11H23NO2. The third-order valence-electron chi connectivity index (χ3n) is 3.32. The van der Waals surface area contributed by atoms with Crippen LogP contribution in [0.3, 0.4) is 0 Å². The van der Waals surface area contributed by atoms with Gasteiger partial charge in [0.15, 0.2) is 0 Å². The quantitative estimate of drug-likeness (QED) is 0.696. The second-order valence-corrected chi connectivity index (χ2v) is 4.84. The van der Waals surface area contributed by atoms with E-state index in [1.807, 2.05) is 0 Å². The Kier molecular flexibility index (Phi) is 3.93. The van der Waals surface area contributed by atoms with E-state index in [1.54, 1.807) is 13.8 Å². The normalized spacial score (nSPS) is 31.5. The standard InChI is InChI=1S/C11H23NO2/c1-4-12-7-5-9(11(2,3)14)10(13)6-8-12/h9-10,13-14H,4-8H2,1-3H3. The number of hydrogen-bond acceptors (Lipinski definition) is 3. The van der Waals surface area contributed by atoms with Crippen molar-refractivity contribution in [3.63, 3.8) is 0 Å². The van der Waals surface area contributed by atoms with Crippen LogP contribution in [0.15, 0.2) is 0 Å². The van der Waals surface area contributed by atoms with E-state index in [0.717, 1.165) is 32.5 Å². The number of aliphatic hydroxyl groups excluding tert-OH is 1. The predicted octanol–water partition coefficient (Wildman–Crippen LogP) is 0.850. The zero-order valence-electron chi connectivity index (χ0n) is 9.53. The summed E-state index contributed by atoms with van der Waals surface area (Å²) in [6.07, 6.45) is 1.31. The summed E-state index contributed by atoms with van der Waals surface area (Å²) in [4.78, 5) is 2.33. The minimum atomic E-state index is -0.761. The van der Waals surface area contributed by atoms with Crippen LogP contribution in [0.4, 0.5) is 0 Å². The van der Waals surface area contributed by atoms with Gasteiger partial charge in [-0.1, -0.05) is 6.92 Å². The lowest BCUT2D eigenvalue weighted by Crippen LogP contribution is -2.39. The molecule has 0 amide bonds. The molecule has 2 atom stereocenters. The first kappa shape index (κ1) is 12.0. The summed E-state index contributed by atoms with van der Waals surface area (Å²) >= 11 is 0. The Labute approximate surface area is 86.7 Å². The molecule has 1 saturated heterocycles. The summed E-state index contributed by atoms with van der Waals surface area (Å²) < 4.78 is 0. The summed E-state index contributed by atoms with van der Waals surface area (Å²) in [7, 11) is 0. The topological polar surface area (TPSA) is 43.7 Å². The smallest absolute Gasteiger partial charge is 0.0644 e. The molecule has 0 aliphatic carbocycles. The van der Waals surface area contributed by atoms with E-state index in [-0.39, 0.29) is 12.0 Å². The Bertz CT molecular complexity index is 177. The fourth-order valence-corrected chi connectivity index (χ4v) is 2.28. The molecule has 1 rings (SSSR count). The van der Waals surface area contributed by atoms with Crippen LogP contribution in [0.2, 0.25) is 0 Å². The molecule has 0 aromatic rings. The summed E-state index contributed by atoms with van der Waals surface area (Å²) in [5.41, 5.74) is -0.761. The van der Waals surface area contributed by atoms with Crippen molar-refractivity contribution < 1.29 is 10.2 Å². The Morgan fingerprint density at radius 1 is 1.29 bits per heavy atom. The van der Waals surface area contributed by atoms with Crippen LogP contribution in [-0.4, -0.2) is 46.5 Å². The van der Waals surface area contributed by atoms with E-state index >= 15 is 0 Å². The zero-order chi connectivity index (χ0) is 10.8. The van der Waals surface area contributed by atoms with Crippen LogP contribution >= 0.6 is 0 Å². The van der Waals surface area contributed by atoms with Crippen molar-refractivity contribution in [3.05, 3.63) is 0 Å². The Morgan fingerprint density at radius 3 is 2.36 bits per heavy atom. The van der Waals surface area contributed by atoms with Gasteiger partial charge in [-0.05, 0) is 39.8 Å². The molecule has 1 aliphatic heterocycles. The van der Waals surface area contributed by atoms with Crippen LogP contribution in [0.5, 0.6) is 0 Å². The van der Waals surface area contributed by atoms with Crippen molar-refractivity contribution in [3.8, 4) is 0 Å². The number of aliphatic hydroxyl groups is 2. The van der Waals surface area contributed by atoms with Crippen LogP contribution in [-0.2, 0) is 0 Å². The van der Waals surface area contributed by atoms with Crippen LogP contribution < -0.4 is 0 Å². The Hall–Kier alpha value is -0.120. The molecule has 2 N–H and O–H groups in total. The summed E-state index contributed by atoms with van der Waals surface area (Å²) in [5, 5.41) is 19.8. The minimum absolute atomic E-state index is 0.0130. The van der Waals surface area contributed by atoms with E-state index in [1.165, 1.54) is 0 Å². The molecule has 0 spiro atoms. The summed E-state index contributed by atoms with van der Waals surface area (Å²) in [6.45, 7) is 8.69. The van der Waals surface area contributed by atoms with Gasteiger partial charge in [0.25, 0.3) is 0 Å². The van der Waals surface area contributed by atoms with Gasteiger partial charge in [0, 0.05) is 12.5 Å². The maximum atomic E-state index is 9.92. The molecule has 0 aromatic carbocycles. The van der Waals surface area contributed by atoms with Crippen molar-refractivity contribution in [1.82, 2.24) is 4.90 Å². The molecule has 1 heterocycles. The fourth-order valence-electron chi connectivity index (χ4n) is 2.28. The van der Waals surface area contributed by atoms with Crippen molar-refractivity contribution in [2.75, 3.05) is 19.6 Å².